The SMILES string of the molecule is CC(C)(C)C1CCC(N(Cc2ccc(C(=O)NCCC(=O)O)cc2)C(=O)Nc2ccccc2-c2ccccc2)CC1. The van der Waals surface area contributed by atoms with Crippen LogP contribution in [0.25, 0.3) is 11.1 Å². The Balaban J connectivity index is 1.52. The third-order valence-corrected chi connectivity index (χ3v) is 8.07. The maximum absolute atomic E-state index is 13.9. The fraction of sp³-hybridized carbons (Fsp3) is 0.382. The van der Waals surface area contributed by atoms with Gasteiger partial charge >= 0.3 is 12.0 Å². The minimum atomic E-state index is -0.957. The Morgan fingerprint density at radius 1 is 0.854 bits per heavy atom. The maximum Gasteiger partial charge on any atom is 0.322 e. The lowest BCUT2D eigenvalue weighted by atomic mass is 9.71. The zero-order chi connectivity index (χ0) is 29.4. The van der Waals surface area contributed by atoms with Crippen molar-refractivity contribution in [1.82, 2.24) is 10.2 Å². The number of carbonyl (C=O) groups is 3. The van der Waals surface area contributed by atoms with Crippen LogP contribution in [-0.4, -0.2) is 40.5 Å². The summed E-state index contributed by atoms with van der Waals surface area (Å²) in [5.74, 6) is -0.645. The Kier molecular flexibility index (Phi) is 9.82. The van der Waals surface area contributed by atoms with Gasteiger partial charge in [0.05, 0.1) is 12.1 Å². The van der Waals surface area contributed by atoms with Crippen molar-refractivity contribution in [2.75, 3.05) is 11.9 Å². The molecule has 216 valence electrons. The highest BCUT2D eigenvalue weighted by molar-refractivity contribution is 5.95. The van der Waals surface area contributed by atoms with E-state index < -0.39 is 5.97 Å². The van der Waals surface area contributed by atoms with Gasteiger partial charge in [0.25, 0.3) is 5.91 Å². The average molecular weight is 556 g/mol. The summed E-state index contributed by atoms with van der Waals surface area (Å²) in [5, 5.41) is 14.6. The Bertz CT molecular complexity index is 1320. The van der Waals surface area contributed by atoms with Gasteiger partial charge in [-0.05, 0) is 66.3 Å². The number of amides is 3. The van der Waals surface area contributed by atoms with Crippen molar-refractivity contribution in [2.45, 2.75) is 65.5 Å². The van der Waals surface area contributed by atoms with Crippen molar-refractivity contribution in [3.63, 3.8) is 0 Å². The number of urea groups is 1. The van der Waals surface area contributed by atoms with Gasteiger partial charge < -0.3 is 20.6 Å². The van der Waals surface area contributed by atoms with E-state index in [-0.39, 0.29) is 36.4 Å². The molecule has 1 fully saturated rings. The molecule has 1 aliphatic rings. The smallest absolute Gasteiger partial charge is 0.322 e. The molecule has 4 rings (SSSR count). The van der Waals surface area contributed by atoms with Crippen LogP contribution in [0.1, 0.15) is 68.8 Å². The summed E-state index contributed by atoms with van der Waals surface area (Å²) < 4.78 is 0. The van der Waals surface area contributed by atoms with Crippen LogP contribution in [0.15, 0.2) is 78.9 Å². The van der Waals surface area contributed by atoms with Gasteiger partial charge in [-0.15, -0.1) is 0 Å². The number of carbonyl (C=O) groups excluding carboxylic acids is 2. The third-order valence-electron chi connectivity index (χ3n) is 8.07. The molecular formula is C34H41N3O4. The lowest BCUT2D eigenvalue weighted by Crippen LogP contribution is -2.45. The second-order valence-corrected chi connectivity index (χ2v) is 11.9. The van der Waals surface area contributed by atoms with E-state index in [4.69, 9.17) is 5.11 Å². The van der Waals surface area contributed by atoms with Gasteiger partial charge in [-0.25, -0.2) is 4.79 Å². The minimum Gasteiger partial charge on any atom is -0.481 e. The van der Waals surface area contributed by atoms with Crippen molar-refractivity contribution >= 4 is 23.6 Å². The van der Waals surface area contributed by atoms with Crippen molar-refractivity contribution < 1.29 is 19.5 Å². The Morgan fingerprint density at radius 2 is 1.49 bits per heavy atom. The van der Waals surface area contributed by atoms with Gasteiger partial charge in [0.15, 0.2) is 0 Å². The Hall–Kier alpha value is -4.13. The molecule has 3 aromatic rings. The molecule has 1 saturated carbocycles. The largest absolute Gasteiger partial charge is 0.481 e. The zero-order valence-electron chi connectivity index (χ0n) is 24.2. The van der Waals surface area contributed by atoms with Crippen LogP contribution in [0, 0.1) is 11.3 Å². The first-order valence-corrected chi connectivity index (χ1v) is 14.4. The Morgan fingerprint density at radius 3 is 2.12 bits per heavy atom. The fourth-order valence-corrected chi connectivity index (χ4v) is 5.61. The van der Waals surface area contributed by atoms with E-state index in [9.17, 15) is 14.4 Å². The number of benzene rings is 3. The van der Waals surface area contributed by atoms with Gasteiger partial charge in [0, 0.05) is 30.3 Å². The normalized spacial score (nSPS) is 17.0. The molecule has 3 aromatic carbocycles. The fourth-order valence-electron chi connectivity index (χ4n) is 5.61. The second kappa shape index (κ2) is 13.5. The number of nitrogens with one attached hydrogen (secondary N) is 2. The number of carboxylic acid groups (broad SMARTS) is 1. The van der Waals surface area contributed by atoms with E-state index in [1.165, 1.54) is 0 Å². The van der Waals surface area contributed by atoms with E-state index in [1.54, 1.807) is 12.1 Å². The number of rotatable bonds is 9. The first-order valence-electron chi connectivity index (χ1n) is 14.4. The van der Waals surface area contributed by atoms with Crippen molar-refractivity contribution in [2.24, 2.45) is 11.3 Å². The molecule has 0 bridgehead atoms. The first kappa shape index (κ1) is 29.8. The van der Waals surface area contributed by atoms with Crippen LogP contribution in [-0.2, 0) is 11.3 Å². The van der Waals surface area contributed by atoms with Crippen molar-refractivity contribution in [3.05, 3.63) is 90.0 Å². The number of nitrogens with zero attached hydrogens (tertiary/aromatic N) is 1. The topological polar surface area (TPSA) is 98.7 Å². The molecule has 3 N–H and O–H groups in total. The number of aliphatic carboxylic acids is 1. The van der Waals surface area contributed by atoms with E-state index >= 15 is 0 Å². The molecule has 41 heavy (non-hydrogen) atoms. The number of anilines is 1. The quantitative estimate of drug-likeness (QED) is 0.260. The van der Waals surface area contributed by atoms with Crippen LogP contribution in [0.5, 0.6) is 0 Å². The molecular weight excluding hydrogens is 514 g/mol. The van der Waals surface area contributed by atoms with Crippen LogP contribution >= 0.6 is 0 Å². The van der Waals surface area contributed by atoms with Gasteiger partial charge in [-0.1, -0.05) is 81.4 Å². The molecule has 0 atom stereocenters. The van der Waals surface area contributed by atoms with E-state index in [1.807, 2.05) is 71.6 Å². The highest BCUT2D eigenvalue weighted by atomic mass is 16.4. The molecule has 0 aromatic heterocycles. The molecule has 0 aliphatic heterocycles. The van der Waals surface area contributed by atoms with Crippen molar-refractivity contribution in [1.29, 1.82) is 0 Å². The number of hydrogen-bond acceptors (Lipinski definition) is 3. The van der Waals surface area contributed by atoms with E-state index in [0.29, 0.717) is 18.0 Å². The highest BCUT2D eigenvalue weighted by Gasteiger charge is 2.34. The summed E-state index contributed by atoms with van der Waals surface area (Å²) in [5.41, 5.74) is 4.40. The molecule has 1 aliphatic carbocycles. The van der Waals surface area contributed by atoms with Gasteiger partial charge in [0.1, 0.15) is 0 Å². The molecule has 7 heteroatoms. The van der Waals surface area contributed by atoms with E-state index in [2.05, 4.69) is 31.4 Å². The van der Waals surface area contributed by atoms with Crippen LogP contribution in [0.3, 0.4) is 0 Å². The van der Waals surface area contributed by atoms with Crippen LogP contribution in [0.2, 0.25) is 0 Å². The number of para-hydroxylation sites is 1. The number of carboxylic acids is 1. The summed E-state index contributed by atoms with van der Waals surface area (Å²) in [4.78, 5) is 39.0. The first-order chi connectivity index (χ1) is 19.6. The summed E-state index contributed by atoms with van der Waals surface area (Å²) in [7, 11) is 0. The minimum absolute atomic E-state index is 0.0750. The van der Waals surface area contributed by atoms with Gasteiger partial charge in [0.2, 0.25) is 0 Å². The highest BCUT2D eigenvalue weighted by Crippen LogP contribution is 2.39. The monoisotopic (exact) mass is 555 g/mol. The zero-order valence-corrected chi connectivity index (χ0v) is 24.2. The molecule has 0 spiro atoms. The predicted molar refractivity (Wildman–Crippen MR) is 163 cm³/mol. The Labute approximate surface area is 243 Å². The standard InChI is InChI=1S/C34H41N3O4/c1-34(2,3)27-17-19-28(20-18-27)37(23-24-13-15-26(16-14-24)32(40)35-22-21-31(38)39)33(41)36-30-12-8-7-11-29(30)25-9-5-4-6-10-25/h4-16,27-28H,17-23H2,1-3H3,(H,35,40)(H,36,41)(H,38,39). The lowest BCUT2D eigenvalue weighted by molar-refractivity contribution is -0.136. The number of hydrogen-bond donors (Lipinski definition) is 3. The molecule has 0 heterocycles. The third kappa shape index (κ3) is 8.19. The summed E-state index contributed by atoms with van der Waals surface area (Å²) >= 11 is 0. The molecule has 7 nitrogen and oxygen atoms in total. The van der Waals surface area contributed by atoms with E-state index in [0.717, 1.165) is 48.1 Å². The molecule has 0 unspecified atom stereocenters. The van der Waals surface area contributed by atoms with Crippen molar-refractivity contribution in [3.8, 4) is 11.1 Å². The summed E-state index contributed by atoms with van der Waals surface area (Å²) in [6.07, 6.45) is 3.92. The average Bonchev–Trinajstić information content (AvgIpc) is 2.96. The van der Waals surface area contributed by atoms with Gasteiger partial charge in [-0.3, -0.25) is 9.59 Å². The molecule has 0 saturated heterocycles. The summed E-state index contributed by atoms with van der Waals surface area (Å²) in [6.45, 7) is 7.38. The van der Waals surface area contributed by atoms with Crippen LogP contribution < -0.4 is 10.6 Å². The molecule has 0 radical (unpaired) electrons. The summed E-state index contributed by atoms with van der Waals surface area (Å²) in [6, 6.07) is 25.0. The molecule has 3 amide bonds. The predicted octanol–water partition coefficient (Wildman–Crippen LogP) is 7.20. The lowest BCUT2D eigenvalue weighted by Gasteiger charge is -2.41. The van der Waals surface area contributed by atoms with Gasteiger partial charge in [-0.2, -0.15) is 0 Å². The maximum atomic E-state index is 13.9. The van der Waals surface area contributed by atoms with Crippen LogP contribution in [0.4, 0.5) is 10.5 Å². The second-order valence-electron chi connectivity index (χ2n) is 11.9.